The lowest BCUT2D eigenvalue weighted by atomic mass is 10.1. The number of carbonyl (C=O) groups excluding carboxylic acids is 1. The first-order valence-corrected chi connectivity index (χ1v) is 6.13. The molecule has 1 unspecified atom stereocenters. The summed E-state index contributed by atoms with van der Waals surface area (Å²) in [5.74, 6) is -0.547. The van der Waals surface area contributed by atoms with E-state index in [1.165, 1.54) is 42.5 Å². The van der Waals surface area contributed by atoms with E-state index in [-0.39, 0.29) is 17.5 Å². The van der Waals surface area contributed by atoms with Gasteiger partial charge in [0.15, 0.2) is 6.10 Å². The van der Waals surface area contributed by atoms with Crippen LogP contribution >= 0.6 is 0 Å². The molecule has 1 aliphatic heterocycles. The van der Waals surface area contributed by atoms with Gasteiger partial charge in [-0.05, 0) is 42.5 Å². The molecule has 1 N–H and O–H groups in total. The molecule has 3 rings (SSSR count). The third-order valence-corrected chi connectivity index (χ3v) is 3.10. The first kappa shape index (κ1) is 12.6. The fourth-order valence-corrected chi connectivity index (χ4v) is 2.12. The van der Waals surface area contributed by atoms with Gasteiger partial charge in [-0.25, -0.2) is 8.78 Å². The van der Waals surface area contributed by atoms with Crippen LogP contribution in [0.25, 0.3) is 0 Å². The molecule has 1 aliphatic rings. The van der Waals surface area contributed by atoms with Gasteiger partial charge in [-0.2, -0.15) is 0 Å². The summed E-state index contributed by atoms with van der Waals surface area (Å²) in [6.07, 6.45) is -0.378. The van der Waals surface area contributed by atoms with E-state index in [9.17, 15) is 13.6 Å². The predicted octanol–water partition coefficient (Wildman–Crippen LogP) is 2.91. The van der Waals surface area contributed by atoms with E-state index in [1.54, 1.807) is 0 Å². The van der Waals surface area contributed by atoms with Crippen LogP contribution in [0.15, 0.2) is 42.5 Å². The highest BCUT2D eigenvalue weighted by molar-refractivity contribution is 5.95. The number of amides is 1. The van der Waals surface area contributed by atoms with Crippen molar-refractivity contribution in [2.75, 3.05) is 5.32 Å². The Morgan fingerprint density at radius 2 is 1.80 bits per heavy atom. The number of hydrogen-bond donors (Lipinski definition) is 1. The van der Waals surface area contributed by atoms with E-state index >= 15 is 0 Å². The molecule has 2 aromatic carbocycles. The van der Waals surface area contributed by atoms with Crippen molar-refractivity contribution in [1.82, 2.24) is 0 Å². The lowest BCUT2D eigenvalue weighted by Crippen LogP contribution is -2.31. The van der Waals surface area contributed by atoms with Gasteiger partial charge in [-0.3, -0.25) is 4.79 Å². The number of hydrogen-bond acceptors (Lipinski definition) is 2. The smallest absolute Gasteiger partial charge is 0.265 e. The fourth-order valence-electron chi connectivity index (χ4n) is 2.12. The fraction of sp³-hybridized carbons (Fsp3) is 0.133. The Bertz CT molecular complexity index is 655. The summed E-state index contributed by atoms with van der Waals surface area (Å²) in [6.45, 7) is 0. The summed E-state index contributed by atoms with van der Waals surface area (Å²) in [5, 5.41) is 2.64. The highest BCUT2D eigenvalue weighted by Crippen LogP contribution is 2.29. The topological polar surface area (TPSA) is 38.3 Å². The largest absolute Gasteiger partial charge is 0.480 e. The highest BCUT2D eigenvalue weighted by Gasteiger charge is 2.29. The molecule has 0 saturated carbocycles. The lowest BCUT2D eigenvalue weighted by Gasteiger charge is -2.11. The molecule has 1 heterocycles. The average Bonchev–Trinajstić information content (AvgIpc) is 2.84. The predicted molar refractivity (Wildman–Crippen MR) is 69.5 cm³/mol. The number of benzene rings is 2. The van der Waals surface area contributed by atoms with Crippen molar-refractivity contribution in [2.45, 2.75) is 12.5 Å². The standard InChI is InChI=1S/C15H11F2NO2/c16-10-1-4-12(5-2-10)18-15(19)14-8-9-7-11(17)3-6-13(9)20-14/h1-7,14H,8H2,(H,18,19). The second-order valence-corrected chi connectivity index (χ2v) is 4.56. The van der Waals surface area contributed by atoms with E-state index < -0.39 is 6.10 Å². The molecule has 3 nitrogen and oxygen atoms in total. The van der Waals surface area contributed by atoms with Crippen LogP contribution in [0.5, 0.6) is 5.75 Å². The van der Waals surface area contributed by atoms with Crippen LogP contribution in [-0.4, -0.2) is 12.0 Å². The third kappa shape index (κ3) is 2.47. The second kappa shape index (κ2) is 4.92. The number of carbonyl (C=O) groups is 1. The van der Waals surface area contributed by atoms with E-state index in [0.717, 1.165) is 0 Å². The zero-order valence-corrected chi connectivity index (χ0v) is 10.4. The normalized spacial score (nSPS) is 16.4. The van der Waals surface area contributed by atoms with Gasteiger partial charge in [0.05, 0.1) is 0 Å². The average molecular weight is 275 g/mol. The van der Waals surface area contributed by atoms with E-state index in [4.69, 9.17) is 4.74 Å². The Kier molecular flexibility index (Phi) is 3.10. The molecule has 102 valence electrons. The Morgan fingerprint density at radius 1 is 1.10 bits per heavy atom. The molecule has 20 heavy (non-hydrogen) atoms. The Morgan fingerprint density at radius 3 is 2.55 bits per heavy atom. The maximum atomic E-state index is 13.1. The van der Waals surface area contributed by atoms with Gasteiger partial charge < -0.3 is 10.1 Å². The molecule has 0 saturated heterocycles. The molecule has 0 aliphatic carbocycles. The van der Waals surface area contributed by atoms with Gasteiger partial charge in [0.2, 0.25) is 0 Å². The van der Waals surface area contributed by atoms with Crippen LogP contribution in [0.4, 0.5) is 14.5 Å². The maximum Gasteiger partial charge on any atom is 0.265 e. The zero-order chi connectivity index (χ0) is 14.1. The van der Waals surface area contributed by atoms with Crippen LogP contribution in [0.3, 0.4) is 0 Å². The summed E-state index contributed by atoms with van der Waals surface area (Å²) in [6, 6.07) is 9.61. The molecular weight excluding hydrogens is 264 g/mol. The second-order valence-electron chi connectivity index (χ2n) is 4.56. The lowest BCUT2D eigenvalue weighted by molar-refractivity contribution is -0.122. The molecule has 0 fully saturated rings. The van der Waals surface area contributed by atoms with Crippen molar-refractivity contribution in [1.29, 1.82) is 0 Å². The summed E-state index contributed by atoms with van der Waals surface area (Å²) in [7, 11) is 0. The van der Waals surface area contributed by atoms with Gasteiger partial charge in [0.1, 0.15) is 17.4 Å². The zero-order valence-electron chi connectivity index (χ0n) is 10.4. The van der Waals surface area contributed by atoms with E-state index in [1.807, 2.05) is 0 Å². The number of fused-ring (bicyclic) bond motifs is 1. The molecular formula is C15H11F2NO2. The summed E-state index contributed by atoms with van der Waals surface area (Å²) in [5.41, 5.74) is 1.16. The van der Waals surface area contributed by atoms with Crippen LogP contribution in [0.1, 0.15) is 5.56 Å². The first-order valence-electron chi connectivity index (χ1n) is 6.13. The summed E-state index contributed by atoms with van der Waals surface area (Å²) < 4.78 is 31.3. The molecule has 2 aromatic rings. The van der Waals surface area contributed by atoms with Crippen molar-refractivity contribution < 1.29 is 18.3 Å². The quantitative estimate of drug-likeness (QED) is 0.915. The van der Waals surface area contributed by atoms with Crippen LogP contribution in [-0.2, 0) is 11.2 Å². The van der Waals surface area contributed by atoms with Crippen LogP contribution < -0.4 is 10.1 Å². The van der Waals surface area contributed by atoms with E-state index in [0.29, 0.717) is 23.4 Å². The van der Waals surface area contributed by atoms with Gasteiger partial charge in [0, 0.05) is 17.7 Å². The van der Waals surface area contributed by atoms with Crippen molar-refractivity contribution >= 4 is 11.6 Å². The molecule has 0 bridgehead atoms. The summed E-state index contributed by atoms with van der Waals surface area (Å²) in [4.78, 5) is 12.0. The van der Waals surface area contributed by atoms with E-state index in [2.05, 4.69) is 5.32 Å². The Balaban J connectivity index is 1.69. The van der Waals surface area contributed by atoms with Gasteiger partial charge in [-0.15, -0.1) is 0 Å². The van der Waals surface area contributed by atoms with Gasteiger partial charge in [0.25, 0.3) is 5.91 Å². The number of nitrogens with one attached hydrogen (secondary N) is 1. The van der Waals surface area contributed by atoms with Crippen LogP contribution in [0, 0.1) is 11.6 Å². The van der Waals surface area contributed by atoms with Crippen LogP contribution in [0.2, 0.25) is 0 Å². The van der Waals surface area contributed by atoms with Gasteiger partial charge >= 0.3 is 0 Å². The minimum absolute atomic E-state index is 0.320. The Hall–Kier alpha value is -2.43. The van der Waals surface area contributed by atoms with Crippen molar-refractivity contribution in [3.05, 3.63) is 59.7 Å². The molecule has 0 aromatic heterocycles. The number of rotatable bonds is 2. The first-order chi connectivity index (χ1) is 9.61. The molecule has 5 heteroatoms. The number of ether oxygens (including phenoxy) is 1. The summed E-state index contributed by atoms with van der Waals surface area (Å²) >= 11 is 0. The monoisotopic (exact) mass is 275 g/mol. The number of anilines is 1. The Labute approximate surface area is 114 Å². The molecule has 0 spiro atoms. The number of halogens is 2. The highest BCUT2D eigenvalue weighted by atomic mass is 19.1. The minimum Gasteiger partial charge on any atom is -0.480 e. The van der Waals surface area contributed by atoms with Crippen molar-refractivity contribution in [3.63, 3.8) is 0 Å². The van der Waals surface area contributed by atoms with Crippen molar-refractivity contribution in [3.8, 4) is 5.75 Å². The molecule has 1 amide bonds. The maximum absolute atomic E-state index is 13.1. The van der Waals surface area contributed by atoms with Gasteiger partial charge in [-0.1, -0.05) is 0 Å². The molecule has 1 atom stereocenters. The van der Waals surface area contributed by atoms with Crippen molar-refractivity contribution in [2.24, 2.45) is 0 Å². The SMILES string of the molecule is O=C(Nc1ccc(F)cc1)C1Cc2cc(F)ccc2O1. The molecule has 0 radical (unpaired) electrons. The third-order valence-electron chi connectivity index (χ3n) is 3.10. The minimum atomic E-state index is -0.697.